The van der Waals surface area contributed by atoms with E-state index >= 15 is 0 Å². The third-order valence-corrected chi connectivity index (χ3v) is 16.6. The highest BCUT2D eigenvalue weighted by molar-refractivity contribution is 7.92. The second-order valence-corrected chi connectivity index (χ2v) is 23.9. The number of fused-ring (bicyclic) bond motifs is 3. The number of rotatable bonds is 15. The number of carbonyl (C=O) groups is 2. The first-order chi connectivity index (χ1) is 42.0. The number of thiazole rings is 1. The number of sulfonamides is 1. The van der Waals surface area contributed by atoms with Crippen LogP contribution in [-0.4, -0.2) is 74.8 Å². The van der Waals surface area contributed by atoms with E-state index in [2.05, 4.69) is 30.1 Å². The largest absolute Gasteiger partial charge is 0.423 e. The molecular weight excluding hydrogens is 1210 g/mol. The monoisotopic (exact) mass is 1260 g/mol. The molecule has 0 radical (unpaired) electrons. The number of anilines is 2. The Morgan fingerprint density at radius 2 is 1.33 bits per heavy atom. The summed E-state index contributed by atoms with van der Waals surface area (Å²) in [6, 6.07) is 39.5. The Labute approximate surface area is 517 Å². The summed E-state index contributed by atoms with van der Waals surface area (Å²) in [6.07, 6.45) is 3.25. The molecule has 0 spiro atoms. The Bertz CT molecular complexity index is 4640. The van der Waals surface area contributed by atoms with Crippen LogP contribution < -0.4 is 30.8 Å². The van der Waals surface area contributed by atoms with Gasteiger partial charge in [-0.15, -0.1) is 0 Å². The fourth-order valence-electron chi connectivity index (χ4n) is 9.10. The van der Waals surface area contributed by atoms with Crippen LogP contribution in [0.2, 0.25) is 10.0 Å². The first-order valence-corrected chi connectivity index (χ1v) is 30.2. The van der Waals surface area contributed by atoms with Gasteiger partial charge in [-0.2, -0.15) is 5.10 Å². The number of para-hydroxylation sites is 1. The predicted octanol–water partition coefficient (Wildman–Crippen LogP) is 13.4. The molecule has 6 aromatic carbocycles. The number of hydrogen-bond donors (Lipinski definition) is 2. The SMILES string of the molecule is CCS(=O)(=O)Nc1cccc(Cc2c(C)c3cc(Cl)c(Oc4ncccn4)cc3oc2=O)c1.Cc1c(Cc2ccccc2)c(=O)oc2cc(OC(=O)N(C)C)c(Cl)cc12.Cc1nn(Cc2ccc(C(=O)Nc3nc4ccccc4s3)cc2)c(C)c1[N+](=O)[O-]. The van der Waals surface area contributed by atoms with Gasteiger partial charge in [-0.1, -0.05) is 101 Å². The third kappa shape index (κ3) is 15.0. The lowest BCUT2D eigenvalue weighted by Crippen LogP contribution is -2.25. The molecule has 0 bridgehead atoms. The summed E-state index contributed by atoms with van der Waals surface area (Å²) in [5, 5.41) is 20.7. The van der Waals surface area contributed by atoms with Gasteiger partial charge in [-0.05, 0) is 117 Å². The molecule has 0 fully saturated rings. The van der Waals surface area contributed by atoms with Crippen LogP contribution in [-0.2, 0) is 29.4 Å². The number of ether oxygens (including phenoxy) is 2. The molecule has 88 heavy (non-hydrogen) atoms. The topological polar surface area (TPSA) is 274 Å². The van der Waals surface area contributed by atoms with Gasteiger partial charge in [0, 0.05) is 84.6 Å². The van der Waals surface area contributed by atoms with Crippen molar-refractivity contribution in [3.63, 3.8) is 0 Å². The van der Waals surface area contributed by atoms with Crippen molar-refractivity contribution in [1.82, 2.24) is 29.6 Å². The summed E-state index contributed by atoms with van der Waals surface area (Å²) in [7, 11) is -0.271. The predicted molar refractivity (Wildman–Crippen MR) is 339 cm³/mol. The van der Waals surface area contributed by atoms with Gasteiger partial charge < -0.3 is 23.2 Å². The molecule has 0 saturated carbocycles. The highest BCUT2D eigenvalue weighted by Gasteiger charge is 2.23. The van der Waals surface area contributed by atoms with Crippen LogP contribution in [0.3, 0.4) is 0 Å². The molecule has 11 rings (SSSR count). The second kappa shape index (κ2) is 27.3. The first kappa shape index (κ1) is 62.7. The quantitative estimate of drug-likeness (QED) is 0.0548. The fourth-order valence-corrected chi connectivity index (χ4v) is 11.0. The molecule has 2 N–H and O–H groups in total. The molecule has 11 aromatic rings. The molecule has 0 unspecified atom stereocenters. The van der Waals surface area contributed by atoms with Crippen LogP contribution in [0.15, 0.2) is 164 Å². The van der Waals surface area contributed by atoms with Crippen molar-refractivity contribution in [2.45, 2.75) is 54.0 Å². The number of aromatic nitrogens is 5. The minimum atomic E-state index is -3.40. The molecule has 0 atom stereocenters. The van der Waals surface area contributed by atoms with Gasteiger partial charge in [0.15, 0.2) is 16.6 Å². The van der Waals surface area contributed by atoms with E-state index in [0.29, 0.717) is 84.4 Å². The average molecular weight is 1270 g/mol. The van der Waals surface area contributed by atoms with E-state index < -0.39 is 32.3 Å². The number of amides is 2. The zero-order chi connectivity index (χ0) is 63.0. The number of nitrogens with one attached hydrogen (secondary N) is 2. The van der Waals surface area contributed by atoms with Crippen molar-refractivity contribution in [3.8, 4) is 17.5 Å². The van der Waals surface area contributed by atoms with E-state index in [1.165, 1.54) is 40.8 Å². The molecule has 0 aliphatic carbocycles. The zero-order valence-corrected chi connectivity index (χ0v) is 51.4. The Morgan fingerprint density at radius 3 is 1.93 bits per heavy atom. The van der Waals surface area contributed by atoms with Gasteiger partial charge in [-0.25, -0.2) is 37.8 Å². The highest BCUT2D eigenvalue weighted by Crippen LogP contribution is 2.36. The molecular formula is C63H55Cl2N9O12S2. The number of aryl methyl sites for hydroxylation is 3. The van der Waals surface area contributed by atoms with Gasteiger partial charge in [0.2, 0.25) is 10.0 Å². The van der Waals surface area contributed by atoms with Crippen LogP contribution >= 0.6 is 34.5 Å². The van der Waals surface area contributed by atoms with E-state index in [-0.39, 0.29) is 46.3 Å². The summed E-state index contributed by atoms with van der Waals surface area (Å²) >= 11 is 14.1. The van der Waals surface area contributed by atoms with Crippen LogP contribution in [0, 0.1) is 37.8 Å². The van der Waals surface area contributed by atoms with Crippen LogP contribution in [0.1, 0.15) is 67.6 Å². The maximum Gasteiger partial charge on any atom is 0.414 e. The number of halogens is 2. The Morgan fingerprint density at radius 1 is 0.739 bits per heavy atom. The van der Waals surface area contributed by atoms with E-state index in [0.717, 1.165) is 32.5 Å². The first-order valence-electron chi connectivity index (χ1n) is 27.0. The third-order valence-electron chi connectivity index (χ3n) is 13.8. The molecule has 450 valence electrons. The zero-order valence-electron chi connectivity index (χ0n) is 48.3. The number of nitrogens with zero attached hydrogens (tertiary/aromatic N) is 7. The van der Waals surface area contributed by atoms with Gasteiger partial charge in [0.25, 0.3) is 5.91 Å². The number of carbonyl (C=O) groups excluding carboxylic acids is 2. The highest BCUT2D eigenvalue weighted by atomic mass is 35.5. The summed E-state index contributed by atoms with van der Waals surface area (Å²) in [4.78, 5) is 73.9. The minimum absolute atomic E-state index is 0.0343. The van der Waals surface area contributed by atoms with Crippen molar-refractivity contribution in [2.75, 3.05) is 29.9 Å². The van der Waals surface area contributed by atoms with Crippen molar-refractivity contribution < 1.29 is 41.2 Å². The standard InChI is InChI=1S/C23H20ClN3O5S.C20H18ClNO4.C20H17N5O3S/c1-3-33(29,30)27-16-7-4-6-15(10-16)11-18-14(2)17-12-19(24)21(13-20(17)31-22(18)28)32-23-25-8-5-9-26-23;1-12-14-10-16(21)18(26-20(24)22(2)3)11-17(14)25-19(23)15(12)9-13-7-5-4-6-8-13;1-12-18(25(27)28)13(2)24(23-12)11-14-7-9-15(10-8-14)19(26)22-20-21-16-5-3-4-6-17(16)29-20/h4-10,12-13,27H,3,11H2,1-2H3;4-8,10-11H,9H2,1-3H3;3-10H,11H2,1-2H3,(H,21,22,26). The van der Waals surface area contributed by atoms with Crippen molar-refractivity contribution in [1.29, 1.82) is 0 Å². The average Bonchev–Trinajstić information content (AvgIpc) is 1.68. The molecule has 0 aliphatic heterocycles. The fraction of sp³-hybridized carbons (Fsp3) is 0.175. The van der Waals surface area contributed by atoms with Gasteiger partial charge in [0.05, 0.1) is 37.5 Å². The van der Waals surface area contributed by atoms with E-state index in [4.69, 9.17) is 41.5 Å². The Hall–Kier alpha value is -9.81. The smallest absolute Gasteiger partial charge is 0.414 e. The summed E-state index contributed by atoms with van der Waals surface area (Å²) in [5.41, 5.74) is 7.68. The van der Waals surface area contributed by atoms with E-state index in [1.54, 1.807) is 88.1 Å². The maximum atomic E-state index is 12.8. The Kier molecular flexibility index (Phi) is 19.4. The lowest BCUT2D eigenvalue weighted by molar-refractivity contribution is -0.386. The number of benzene rings is 6. The van der Waals surface area contributed by atoms with E-state index in [1.807, 2.05) is 86.6 Å². The molecule has 21 nitrogen and oxygen atoms in total. The Balaban J connectivity index is 0.000000158. The van der Waals surface area contributed by atoms with Crippen molar-refractivity contribution in [3.05, 3.63) is 243 Å². The van der Waals surface area contributed by atoms with Crippen LogP contribution in [0.5, 0.6) is 17.5 Å². The molecule has 5 aromatic heterocycles. The second-order valence-electron chi connectivity index (χ2n) is 20.1. The van der Waals surface area contributed by atoms with Gasteiger partial charge in [0.1, 0.15) is 22.6 Å². The summed E-state index contributed by atoms with van der Waals surface area (Å²) in [5.74, 6) is 0.142. The summed E-state index contributed by atoms with van der Waals surface area (Å²) < 4.78 is 50.7. The van der Waals surface area contributed by atoms with Crippen LogP contribution in [0.4, 0.5) is 21.3 Å². The molecule has 0 aliphatic rings. The number of nitro groups is 1. The van der Waals surface area contributed by atoms with Crippen molar-refractivity contribution >= 4 is 105 Å². The molecule has 0 saturated heterocycles. The molecule has 2 amide bonds. The van der Waals surface area contributed by atoms with Crippen LogP contribution in [0.25, 0.3) is 32.2 Å². The summed E-state index contributed by atoms with van der Waals surface area (Å²) in [6.45, 7) is 8.92. The lowest BCUT2D eigenvalue weighted by atomic mass is 9.99. The normalized spacial score (nSPS) is 11.1. The van der Waals surface area contributed by atoms with E-state index in [9.17, 15) is 37.7 Å². The van der Waals surface area contributed by atoms with Crippen molar-refractivity contribution in [2.24, 2.45) is 0 Å². The molecule has 25 heteroatoms. The van der Waals surface area contributed by atoms with Gasteiger partial charge in [-0.3, -0.25) is 29.6 Å². The lowest BCUT2D eigenvalue weighted by Gasteiger charge is -2.13. The van der Waals surface area contributed by atoms with Gasteiger partial charge >= 0.3 is 29.0 Å². The maximum absolute atomic E-state index is 12.8. The minimum Gasteiger partial charge on any atom is -0.423 e. The number of hydrogen-bond acceptors (Lipinski definition) is 17. The molecule has 5 heterocycles.